The molecule has 3 N–H and O–H groups in total. The van der Waals surface area contributed by atoms with Crippen molar-refractivity contribution >= 4 is 0 Å². The third-order valence-corrected chi connectivity index (χ3v) is 4.72. The summed E-state index contributed by atoms with van der Waals surface area (Å²) in [5.74, 6) is 0.742. The van der Waals surface area contributed by atoms with Crippen molar-refractivity contribution in [1.29, 1.82) is 0 Å². The molecule has 0 aliphatic carbocycles. The van der Waals surface area contributed by atoms with Gasteiger partial charge in [-0.2, -0.15) is 0 Å². The highest BCUT2D eigenvalue weighted by Crippen LogP contribution is 2.35. The highest BCUT2D eigenvalue weighted by Gasteiger charge is 2.24. The number of benzene rings is 3. The molecule has 0 spiro atoms. The fourth-order valence-electron chi connectivity index (χ4n) is 2.99. The van der Waals surface area contributed by atoms with E-state index in [9.17, 15) is 15.3 Å². The first-order chi connectivity index (χ1) is 11.9. The minimum atomic E-state index is -0.259. The Hall–Kier alpha value is -2.94. The number of rotatable bonds is 4. The fraction of sp³-hybridized carbons (Fsp3) is 0.182. The standard InChI is InChI=1S/C22H22O3/c1-22(2,17-5-10-20(24)11-6-17)18-7-12-21(25)16(14-18)13-15-3-8-19(23)9-4-15/h3-12,14,23-25H,13H2,1-2H3. The van der Waals surface area contributed by atoms with E-state index in [1.54, 1.807) is 30.3 Å². The topological polar surface area (TPSA) is 60.7 Å². The molecule has 3 aromatic carbocycles. The molecule has 0 aliphatic heterocycles. The molecule has 0 radical (unpaired) electrons. The number of hydrogen-bond donors (Lipinski definition) is 3. The van der Waals surface area contributed by atoms with Crippen LogP contribution < -0.4 is 0 Å². The van der Waals surface area contributed by atoms with Crippen LogP contribution in [0.4, 0.5) is 0 Å². The Bertz CT molecular complexity index is 863. The summed E-state index contributed by atoms with van der Waals surface area (Å²) in [6.07, 6.45) is 0.589. The molecular weight excluding hydrogens is 312 g/mol. The van der Waals surface area contributed by atoms with E-state index in [2.05, 4.69) is 13.8 Å². The molecule has 3 rings (SSSR count). The second-order valence-corrected chi connectivity index (χ2v) is 6.86. The van der Waals surface area contributed by atoms with Crippen LogP contribution in [0, 0.1) is 0 Å². The first-order valence-electron chi connectivity index (χ1n) is 8.26. The van der Waals surface area contributed by atoms with Crippen molar-refractivity contribution in [2.45, 2.75) is 25.7 Å². The Labute approximate surface area is 147 Å². The number of phenolic OH excluding ortho intramolecular Hbond substituents is 3. The van der Waals surface area contributed by atoms with Crippen molar-refractivity contribution < 1.29 is 15.3 Å². The zero-order valence-corrected chi connectivity index (χ0v) is 14.4. The van der Waals surface area contributed by atoms with Gasteiger partial charge in [0.05, 0.1) is 0 Å². The van der Waals surface area contributed by atoms with E-state index in [0.717, 1.165) is 22.3 Å². The van der Waals surface area contributed by atoms with Crippen molar-refractivity contribution in [3.63, 3.8) is 0 Å². The van der Waals surface area contributed by atoms with Gasteiger partial charge in [0.15, 0.2) is 0 Å². The fourth-order valence-corrected chi connectivity index (χ4v) is 2.99. The third-order valence-electron chi connectivity index (χ3n) is 4.72. The van der Waals surface area contributed by atoms with Gasteiger partial charge in [-0.3, -0.25) is 0 Å². The van der Waals surface area contributed by atoms with E-state index in [0.29, 0.717) is 6.42 Å². The molecule has 0 atom stereocenters. The Morgan fingerprint density at radius 2 is 1.20 bits per heavy atom. The van der Waals surface area contributed by atoms with Crippen molar-refractivity contribution in [3.05, 3.63) is 89.0 Å². The Morgan fingerprint density at radius 3 is 1.80 bits per heavy atom. The van der Waals surface area contributed by atoms with Crippen LogP contribution in [-0.2, 0) is 11.8 Å². The van der Waals surface area contributed by atoms with Crippen LogP contribution in [0.3, 0.4) is 0 Å². The molecule has 3 heteroatoms. The number of phenols is 3. The average Bonchev–Trinajstić information content (AvgIpc) is 2.59. The molecule has 0 heterocycles. The van der Waals surface area contributed by atoms with Gasteiger partial charge in [0.2, 0.25) is 0 Å². The Kier molecular flexibility index (Phi) is 4.41. The largest absolute Gasteiger partial charge is 0.508 e. The zero-order chi connectivity index (χ0) is 18.0. The van der Waals surface area contributed by atoms with E-state index in [-0.39, 0.29) is 22.7 Å². The summed E-state index contributed by atoms with van der Waals surface area (Å²) in [5.41, 5.74) is 3.78. The second kappa shape index (κ2) is 6.52. The first-order valence-corrected chi connectivity index (χ1v) is 8.26. The van der Waals surface area contributed by atoms with Gasteiger partial charge in [0, 0.05) is 11.8 Å². The van der Waals surface area contributed by atoms with E-state index in [1.165, 1.54) is 0 Å². The quantitative estimate of drug-likeness (QED) is 0.647. The molecule has 0 saturated carbocycles. The van der Waals surface area contributed by atoms with E-state index in [1.807, 2.05) is 36.4 Å². The minimum Gasteiger partial charge on any atom is -0.508 e. The lowest BCUT2D eigenvalue weighted by molar-refractivity contribution is 0.468. The summed E-state index contributed by atoms with van der Waals surface area (Å²) < 4.78 is 0. The van der Waals surface area contributed by atoms with Gasteiger partial charge in [-0.05, 0) is 52.6 Å². The molecule has 0 saturated heterocycles. The molecule has 0 amide bonds. The molecule has 0 fully saturated rings. The summed E-state index contributed by atoms with van der Waals surface area (Å²) in [7, 11) is 0. The van der Waals surface area contributed by atoms with Crippen molar-refractivity contribution in [2.24, 2.45) is 0 Å². The summed E-state index contributed by atoms with van der Waals surface area (Å²) in [4.78, 5) is 0. The van der Waals surface area contributed by atoms with Crippen LogP contribution >= 0.6 is 0 Å². The maximum absolute atomic E-state index is 10.2. The Morgan fingerprint density at radius 1 is 0.680 bits per heavy atom. The Balaban J connectivity index is 1.95. The van der Waals surface area contributed by atoms with Crippen LogP contribution in [0.1, 0.15) is 36.1 Å². The highest BCUT2D eigenvalue weighted by molar-refractivity contribution is 5.46. The van der Waals surface area contributed by atoms with Crippen LogP contribution in [0.15, 0.2) is 66.7 Å². The summed E-state index contributed by atoms with van der Waals surface area (Å²) in [5, 5.41) is 29.2. The van der Waals surface area contributed by atoms with E-state index < -0.39 is 0 Å². The summed E-state index contributed by atoms with van der Waals surface area (Å²) in [6.45, 7) is 4.24. The molecule has 3 aromatic rings. The molecule has 3 nitrogen and oxygen atoms in total. The summed E-state index contributed by atoms with van der Waals surface area (Å²) in [6, 6.07) is 19.9. The second-order valence-electron chi connectivity index (χ2n) is 6.86. The third kappa shape index (κ3) is 3.61. The predicted octanol–water partition coefficient (Wildman–Crippen LogP) is 4.72. The van der Waals surface area contributed by atoms with Crippen LogP contribution in [0.25, 0.3) is 0 Å². The molecule has 0 aromatic heterocycles. The predicted molar refractivity (Wildman–Crippen MR) is 99.3 cm³/mol. The number of aromatic hydroxyl groups is 3. The van der Waals surface area contributed by atoms with Gasteiger partial charge in [-0.25, -0.2) is 0 Å². The van der Waals surface area contributed by atoms with Gasteiger partial charge in [-0.15, -0.1) is 0 Å². The van der Waals surface area contributed by atoms with Gasteiger partial charge in [-0.1, -0.05) is 50.2 Å². The van der Waals surface area contributed by atoms with Crippen LogP contribution in [0.5, 0.6) is 17.2 Å². The van der Waals surface area contributed by atoms with E-state index in [4.69, 9.17) is 0 Å². The minimum absolute atomic E-state index is 0.232. The maximum atomic E-state index is 10.2. The molecular formula is C22H22O3. The molecule has 128 valence electrons. The molecule has 0 aliphatic rings. The monoisotopic (exact) mass is 334 g/mol. The lowest BCUT2D eigenvalue weighted by atomic mass is 9.77. The van der Waals surface area contributed by atoms with E-state index >= 15 is 0 Å². The van der Waals surface area contributed by atoms with Gasteiger partial charge in [0.25, 0.3) is 0 Å². The summed E-state index contributed by atoms with van der Waals surface area (Å²) >= 11 is 0. The zero-order valence-electron chi connectivity index (χ0n) is 14.4. The lowest BCUT2D eigenvalue weighted by Gasteiger charge is -2.27. The lowest BCUT2D eigenvalue weighted by Crippen LogP contribution is -2.19. The normalized spacial score (nSPS) is 11.4. The van der Waals surface area contributed by atoms with Crippen molar-refractivity contribution in [2.75, 3.05) is 0 Å². The van der Waals surface area contributed by atoms with Gasteiger partial charge in [0.1, 0.15) is 17.2 Å². The van der Waals surface area contributed by atoms with Crippen molar-refractivity contribution in [1.82, 2.24) is 0 Å². The molecule has 0 bridgehead atoms. The van der Waals surface area contributed by atoms with Crippen molar-refractivity contribution in [3.8, 4) is 17.2 Å². The highest BCUT2D eigenvalue weighted by atomic mass is 16.3. The van der Waals surface area contributed by atoms with Gasteiger partial charge >= 0.3 is 0 Å². The average molecular weight is 334 g/mol. The van der Waals surface area contributed by atoms with Gasteiger partial charge < -0.3 is 15.3 Å². The SMILES string of the molecule is CC(C)(c1ccc(O)cc1)c1ccc(O)c(Cc2ccc(O)cc2)c1. The maximum Gasteiger partial charge on any atom is 0.119 e. The van der Waals surface area contributed by atoms with Crippen LogP contribution in [-0.4, -0.2) is 15.3 Å². The smallest absolute Gasteiger partial charge is 0.119 e. The molecule has 25 heavy (non-hydrogen) atoms. The first kappa shape index (κ1) is 16.9. The number of hydrogen-bond acceptors (Lipinski definition) is 3. The van der Waals surface area contributed by atoms with Crippen LogP contribution in [0.2, 0.25) is 0 Å². The molecule has 0 unspecified atom stereocenters.